The highest BCUT2D eigenvalue weighted by Gasteiger charge is 2.36. The van der Waals surface area contributed by atoms with Gasteiger partial charge in [-0.25, -0.2) is 9.59 Å². The van der Waals surface area contributed by atoms with Crippen molar-refractivity contribution in [2.75, 3.05) is 0 Å². The van der Waals surface area contributed by atoms with Crippen molar-refractivity contribution in [3.8, 4) is 0 Å². The fraction of sp³-hybridized carbons (Fsp3) is 0.810. The number of hydrogen-bond acceptors (Lipinski definition) is 8. The first-order chi connectivity index (χ1) is 13.8. The minimum atomic E-state index is -1.08. The average Bonchev–Trinajstić information content (AvgIpc) is 2.50. The van der Waals surface area contributed by atoms with E-state index in [1.165, 1.54) is 0 Å². The molecule has 1 heterocycles. The zero-order valence-corrected chi connectivity index (χ0v) is 20.1. The summed E-state index contributed by atoms with van der Waals surface area (Å²) in [6, 6.07) is -0.386. The summed E-state index contributed by atoms with van der Waals surface area (Å²) < 4.78 is 10.8. The SMILES string of the molecule is CC(=O)[O-].CC(=O)[O-].CC(C)(C)OC(=O)[C@@H]1CCC[C@H](C[C@H]([NH3+])C(=O)OC(C)(C)C)[NH2+]1. The van der Waals surface area contributed by atoms with Crippen LogP contribution in [-0.4, -0.2) is 53.2 Å². The highest BCUT2D eigenvalue weighted by molar-refractivity contribution is 5.75. The standard InChI is InChI=1S/C17H32N2O4.2C2H4O2/c1-16(2,3)22-14(20)12(18)10-11-8-7-9-13(19-11)15(21)23-17(4,5)6;2*1-2(3)4/h11-13,19H,7-10,18H2,1-6H3;2*1H3,(H,3,4)/t11-,12+,13+;;/m1../s1. The van der Waals surface area contributed by atoms with Gasteiger partial charge in [-0.1, -0.05) is 0 Å². The van der Waals surface area contributed by atoms with E-state index in [0.717, 1.165) is 33.1 Å². The second kappa shape index (κ2) is 14.0. The number of esters is 2. The first kappa shape index (κ1) is 31.0. The summed E-state index contributed by atoms with van der Waals surface area (Å²) in [6.45, 7) is 13.1. The van der Waals surface area contributed by atoms with Gasteiger partial charge < -0.3 is 40.3 Å². The second-order valence-corrected chi connectivity index (χ2v) is 9.47. The summed E-state index contributed by atoms with van der Waals surface area (Å²) in [6.07, 6.45) is 3.38. The van der Waals surface area contributed by atoms with Gasteiger partial charge >= 0.3 is 11.9 Å². The van der Waals surface area contributed by atoms with Crippen molar-refractivity contribution in [1.82, 2.24) is 0 Å². The molecule has 1 fully saturated rings. The lowest BCUT2D eigenvalue weighted by atomic mass is 9.94. The van der Waals surface area contributed by atoms with Gasteiger partial charge in [-0.3, -0.25) is 0 Å². The van der Waals surface area contributed by atoms with Crippen LogP contribution in [0.3, 0.4) is 0 Å². The van der Waals surface area contributed by atoms with Gasteiger partial charge in [0, 0.05) is 18.4 Å². The first-order valence-corrected chi connectivity index (χ1v) is 10.3. The average molecular weight is 449 g/mol. The lowest BCUT2D eigenvalue weighted by Crippen LogP contribution is -2.98. The molecule has 1 saturated heterocycles. The van der Waals surface area contributed by atoms with E-state index in [9.17, 15) is 9.59 Å². The summed E-state index contributed by atoms with van der Waals surface area (Å²) in [5, 5.41) is 19.8. The Kier molecular flexibility index (Phi) is 14.0. The molecule has 10 heteroatoms. The van der Waals surface area contributed by atoms with E-state index < -0.39 is 29.2 Å². The molecule has 0 spiro atoms. The van der Waals surface area contributed by atoms with Crippen LogP contribution in [0.5, 0.6) is 0 Å². The molecule has 1 aliphatic heterocycles. The van der Waals surface area contributed by atoms with Gasteiger partial charge in [0.1, 0.15) is 11.2 Å². The number of hydrogen-bond donors (Lipinski definition) is 2. The van der Waals surface area contributed by atoms with Crippen molar-refractivity contribution in [3.63, 3.8) is 0 Å². The smallest absolute Gasteiger partial charge is 0.365 e. The second-order valence-electron chi connectivity index (χ2n) is 9.47. The molecular weight excluding hydrogens is 408 g/mol. The lowest BCUT2D eigenvalue weighted by molar-refractivity contribution is -0.722. The summed E-state index contributed by atoms with van der Waals surface area (Å²) in [7, 11) is 0. The molecule has 31 heavy (non-hydrogen) atoms. The number of aliphatic carboxylic acids is 2. The Morgan fingerprint density at radius 1 is 0.935 bits per heavy atom. The quantitative estimate of drug-likeness (QED) is 0.450. The minimum absolute atomic E-state index is 0.167. The van der Waals surface area contributed by atoms with Gasteiger partial charge in [0.05, 0.1) is 12.5 Å². The molecule has 0 aromatic rings. The van der Waals surface area contributed by atoms with Crippen LogP contribution in [0.25, 0.3) is 0 Å². The molecule has 0 unspecified atom stereocenters. The van der Waals surface area contributed by atoms with Gasteiger partial charge in [-0.15, -0.1) is 0 Å². The number of ether oxygens (including phenoxy) is 2. The zero-order valence-electron chi connectivity index (χ0n) is 20.1. The maximum atomic E-state index is 12.2. The topological polar surface area (TPSA) is 177 Å². The van der Waals surface area contributed by atoms with E-state index in [4.69, 9.17) is 29.3 Å². The van der Waals surface area contributed by atoms with Crippen molar-refractivity contribution < 1.29 is 49.9 Å². The third-order valence-corrected chi connectivity index (χ3v) is 3.63. The van der Waals surface area contributed by atoms with Crippen LogP contribution in [0.2, 0.25) is 0 Å². The van der Waals surface area contributed by atoms with Crippen LogP contribution in [0.15, 0.2) is 0 Å². The molecule has 1 aliphatic rings. The van der Waals surface area contributed by atoms with Crippen LogP contribution in [0.1, 0.15) is 81.1 Å². The Morgan fingerprint density at radius 2 is 1.35 bits per heavy atom. The third-order valence-electron chi connectivity index (χ3n) is 3.63. The van der Waals surface area contributed by atoms with Gasteiger partial charge in [0.25, 0.3) is 0 Å². The van der Waals surface area contributed by atoms with E-state index in [1.807, 2.05) is 46.9 Å². The highest BCUT2D eigenvalue weighted by Crippen LogP contribution is 2.15. The Labute approximate surface area is 184 Å². The molecule has 0 aromatic carbocycles. The number of carboxylic acid groups (broad SMARTS) is 2. The van der Waals surface area contributed by atoms with Crippen LogP contribution in [0.4, 0.5) is 0 Å². The predicted octanol–water partition coefficient (Wildman–Crippen LogP) is -2.33. The van der Waals surface area contributed by atoms with Gasteiger partial charge in [0.2, 0.25) is 0 Å². The Hall–Kier alpha value is -2.20. The van der Waals surface area contributed by atoms with E-state index in [-0.39, 0.29) is 24.0 Å². The fourth-order valence-corrected chi connectivity index (χ4v) is 2.74. The van der Waals surface area contributed by atoms with Gasteiger partial charge in [0.15, 0.2) is 12.1 Å². The third kappa shape index (κ3) is 20.8. The summed E-state index contributed by atoms with van der Waals surface area (Å²) in [5.41, 5.74) is 2.97. The molecule has 182 valence electrons. The number of carbonyl (C=O) groups is 4. The lowest BCUT2D eigenvalue weighted by Gasteiger charge is -2.29. The number of carboxylic acids is 2. The number of piperidine rings is 1. The molecule has 1 rings (SSSR count). The Balaban J connectivity index is 0. The fourth-order valence-electron chi connectivity index (χ4n) is 2.74. The maximum absolute atomic E-state index is 12.2. The van der Waals surface area contributed by atoms with E-state index in [2.05, 4.69) is 5.73 Å². The van der Waals surface area contributed by atoms with Crippen LogP contribution in [0, 0.1) is 0 Å². The minimum Gasteiger partial charge on any atom is -0.550 e. The van der Waals surface area contributed by atoms with Crippen molar-refractivity contribution in [2.24, 2.45) is 0 Å². The number of rotatable bonds is 4. The monoisotopic (exact) mass is 448 g/mol. The van der Waals surface area contributed by atoms with Crippen molar-refractivity contribution >= 4 is 23.9 Å². The van der Waals surface area contributed by atoms with E-state index in [0.29, 0.717) is 6.42 Å². The van der Waals surface area contributed by atoms with Crippen molar-refractivity contribution in [2.45, 2.75) is 110 Å². The molecule has 0 aliphatic carbocycles. The van der Waals surface area contributed by atoms with Crippen molar-refractivity contribution in [3.05, 3.63) is 0 Å². The van der Waals surface area contributed by atoms with E-state index >= 15 is 0 Å². The molecule has 0 amide bonds. The zero-order chi connectivity index (χ0) is 25.0. The molecule has 0 radical (unpaired) electrons. The Bertz CT molecular complexity index is 571. The molecular formula is C21H40N2O8. The first-order valence-electron chi connectivity index (χ1n) is 10.3. The summed E-state index contributed by atoms with van der Waals surface area (Å²) in [4.78, 5) is 42.0. The molecule has 5 N–H and O–H groups in total. The van der Waals surface area contributed by atoms with Crippen LogP contribution in [-0.2, 0) is 28.7 Å². The maximum Gasteiger partial charge on any atom is 0.365 e. The Morgan fingerprint density at radius 3 is 1.74 bits per heavy atom. The van der Waals surface area contributed by atoms with E-state index in [1.54, 1.807) is 0 Å². The predicted molar refractivity (Wildman–Crippen MR) is 108 cm³/mol. The molecule has 0 saturated carbocycles. The van der Waals surface area contributed by atoms with Crippen LogP contribution >= 0.6 is 0 Å². The molecule has 3 atom stereocenters. The van der Waals surface area contributed by atoms with Crippen LogP contribution < -0.4 is 21.3 Å². The molecule has 0 bridgehead atoms. The normalized spacial score (nSPS) is 19.4. The van der Waals surface area contributed by atoms with Gasteiger partial charge in [-0.05, 0) is 68.2 Å². The number of nitrogens with two attached hydrogens (primary N) is 1. The molecule has 0 aromatic heterocycles. The number of carbonyl (C=O) groups excluding carboxylic acids is 4. The summed E-state index contributed by atoms with van der Waals surface area (Å²) in [5.74, 6) is -2.61. The number of quaternary nitrogens is 2. The molecule has 10 nitrogen and oxygen atoms in total. The highest BCUT2D eigenvalue weighted by atomic mass is 16.6. The summed E-state index contributed by atoms with van der Waals surface area (Å²) >= 11 is 0. The largest absolute Gasteiger partial charge is 0.550 e. The van der Waals surface area contributed by atoms with Gasteiger partial charge in [-0.2, -0.15) is 0 Å². The van der Waals surface area contributed by atoms with Crippen molar-refractivity contribution in [1.29, 1.82) is 0 Å².